The van der Waals surface area contributed by atoms with Gasteiger partial charge in [-0.05, 0) is 25.1 Å². The van der Waals surface area contributed by atoms with E-state index in [0.29, 0.717) is 24.1 Å². The average molecular weight is 263 g/mol. The van der Waals surface area contributed by atoms with Crippen molar-refractivity contribution < 1.29 is 14.3 Å². The summed E-state index contributed by atoms with van der Waals surface area (Å²) in [6.07, 6.45) is 0. The summed E-state index contributed by atoms with van der Waals surface area (Å²) in [5, 5.41) is 0. The molecule has 1 aliphatic rings. The fourth-order valence-electron chi connectivity index (χ4n) is 2.45. The van der Waals surface area contributed by atoms with Gasteiger partial charge in [-0.15, -0.1) is 0 Å². The van der Waals surface area contributed by atoms with Gasteiger partial charge in [-0.3, -0.25) is 4.90 Å². The third kappa shape index (κ3) is 2.89. The summed E-state index contributed by atoms with van der Waals surface area (Å²) < 4.78 is 10.6. The van der Waals surface area contributed by atoms with Crippen LogP contribution in [0.3, 0.4) is 0 Å². The van der Waals surface area contributed by atoms with Crippen molar-refractivity contribution in [2.45, 2.75) is 26.4 Å². The molecule has 0 saturated heterocycles. The van der Waals surface area contributed by atoms with Crippen LogP contribution in [0, 0.1) is 5.92 Å². The number of carbonyl (C=O) groups excluding carboxylic acids is 1. The molecule has 0 amide bonds. The van der Waals surface area contributed by atoms with Crippen LogP contribution in [0.25, 0.3) is 0 Å². The molecule has 1 aliphatic heterocycles. The quantitative estimate of drug-likeness (QED) is 0.768. The lowest BCUT2D eigenvalue weighted by Crippen LogP contribution is -2.38. The number of ether oxygens (including phenoxy) is 2. The smallest absolute Gasteiger partial charge is 0.337 e. The van der Waals surface area contributed by atoms with E-state index in [9.17, 15) is 4.79 Å². The van der Waals surface area contributed by atoms with Crippen LogP contribution in [0.5, 0.6) is 5.75 Å². The zero-order valence-electron chi connectivity index (χ0n) is 12.0. The number of fused-ring (bicyclic) bond motifs is 1. The molecule has 19 heavy (non-hydrogen) atoms. The highest BCUT2D eigenvalue weighted by atomic mass is 16.5. The number of likely N-dealkylation sites (N-methyl/N-ethyl adjacent to an activating group) is 1. The third-order valence-corrected chi connectivity index (χ3v) is 3.65. The standard InChI is InChI=1S/C15H21NO3/c1-10(2)13-9-19-14-7-11(15(17)18-4)5-6-12(14)8-16(13)3/h5-7,10,13H,8-9H2,1-4H3/t13-/m0/s1. The van der Waals surface area contributed by atoms with Gasteiger partial charge in [-0.2, -0.15) is 0 Å². The minimum absolute atomic E-state index is 0.329. The van der Waals surface area contributed by atoms with Crippen molar-refractivity contribution in [2.24, 2.45) is 5.92 Å². The molecule has 0 spiro atoms. The Morgan fingerprint density at radius 2 is 2.21 bits per heavy atom. The number of benzene rings is 1. The Morgan fingerprint density at radius 3 is 2.84 bits per heavy atom. The molecule has 0 aromatic heterocycles. The predicted molar refractivity (Wildman–Crippen MR) is 73.4 cm³/mol. The van der Waals surface area contributed by atoms with Crippen molar-refractivity contribution in [1.29, 1.82) is 0 Å². The predicted octanol–water partition coefficient (Wildman–Crippen LogP) is 2.32. The Labute approximate surface area is 114 Å². The highest BCUT2D eigenvalue weighted by Crippen LogP contribution is 2.27. The first kappa shape index (κ1) is 13.9. The topological polar surface area (TPSA) is 38.8 Å². The molecule has 1 heterocycles. The summed E-state index contributed by atoms with van der Waals surface area (Å²) >= 11 is 0. The summed E-state index contributed by atoms with van der Waals surface area (Å²) in [5.74, 6) is 0.988. The second-order valence-corrected chi connectivity index (χ2v) is 5.35. The SMILES string of the molecule is COC(=O)c1ccc2c(c1)OC[C@@H](C(C)C)N(C)C2. The maximum absolute atomic E-state index is 11.5. The molecule has 0 fully saturated rings. The van der Waals surface area contributed by atoms with Gasteiger partial charge >= 0.3 is 5.97 Å². The third-order valence-electron chi connectivity index (χ3n) is 3.65. The molecule has 0 saturated carbocycles. The molecule has 4 heteroatoms. The van der Waals surface area contributed by atoms with Gasteiger partial charge in [0.25, 0.3) is 0 Å². The first-order valence-electron chi connectivity index (χ1n) is 6.57. The first-order valence-corrected chi connectivity index (χ1v) is 6.57. The largest absolute Gasteiger partial charge is 0.492 e. The lowest BCUT2D eigenvalue weighted by Gasteiger charge is -2.27. The molecule has 1 atom stereocenters. The van der Waals surface area contributed by atoms with Gasteiger partial charge in [-0.1, -0.05) is 19.9 Å². The van der Waals surface area contributed by atoms with Crippen molar-refractivity contribution in [2.75, 3.05) is 20.8 Å². The number of rotatable bonds is 2. The van der Waals surface area contributed by atoms with E-state index < -0.39 is 0 Å². The first-order chi connectivity index (χ1) is 9.02. The summed E-state index contributed by atoms with van der Waals surface area (Å²) in [5.41, 5.74) is 1.64. The molecule has 0 unspecified atom stereocenters. The maximum atomic E-state index is 11.5. The lowest BCUT2D eigenvalue weighted by molar-refractivity contribution is 0.0600. The Hall–Kier alpha value is -1.55. The van der Waals surface area contributed by atoms with Gasteiger partial charge in [0.05, 0.1) is 12.7 Å². The summed E-state index contributed by atoms with van der Waals surface area (Å²) in [4.78, 5) is 13.8. The van der Waals surface area contributed by atoms with Crippen molar-refractivity contribution in [3.05, 3.63) is 29.3 Å². The van der Waals surface area contributed by atoms with Crippen LogP contribution in [0.15, 0.2) is 18.2 Å². The normalized spacial score (nSPS) is 19.5. The summed E-state index contributed by atoms with van der Waals surface area (Å²) in [6, 6.07) is 5.89. The zero-order chi connectivity index (χ0) is 14.0. The average Bonchev–Trinajstić information content (AvgIpc) is 2.55. The Bertz CT molecular complexity index is 470. The summed E-state index contributed by atoms with van der Waals surface area (Å²) in [7, 11) is 3.49. The van der Waals surface area contributed by atoms with Crippen LogP contribution in [-0.2, 0) is 11.3 Å². The minimum Gasteiger partial charge on any atom is -0.492 e. The number of hydrogen-bond acceptors (Lipinski definition) is 4. The molecule has 104 valence electrons. The second-order valence-electron chi connectivity index (χ2n) is 5.35. The molecular formula is C15H21NO3. The number of hydrogen-bond donors (Lipinski definition) is 0. The maximum Gasteiger partial charge on any atom is 0.337 e. The van der Waals surface area contributed by atoms with Crippen molar-refractivity contribution in [3.8, 4) is 5.75 Å². The molecular weight excluding hydrogens is 242 g/mol. The van der Waals surface area contributed by atoms with Gasteiger partial charge < -0.3 is 9.47 Å². The highest BCUT2D eigenvalue weighted by Gasteiger charge is 2.25. The van der Waals surface area contributed by atoms with Crippen LogP contribution in [0.2, 0.25) is 0 Å². The number of esters is 1. The number of carbonyl (C=O) groups is 1. The number of methoxy groups -OCH3 is 1. The molecule has 0 bridgehead atoms. The summed E-state index contributed by atoms with van der Waals surface area (Å²) in [6.45, 7) is 5.87. The van der Waals surface area contributed by atoms with E-state index in [-0.39, 0.29) is 5.97 Å². The van der Waals surface area contributed by atoms with Gasteiger partial charge in [0.2, 0.25) is 0 Å². The molecule has 2 rings (SSSR count). The van der Waals surface area contributed by atoms with E-state index in [0.717, 1.165) is 17.9 Å². The van der Waals surface area contributed by atoms with Crippen molar-refractivity contribution in [3.63, 3.8) is 0 Å². The molecule has 1 aromatic carbocycles. The highest BCUT2D eigenvalue weighted by molar-refractivity contribution is 5.89. The van der Waals surface area contributed by atoms with E-state index >= 15 is 0 Å². The van der Waals surface area contributed by atoms with Gasteiger partial charge in [0.15, 0.2) is 0 Å². The second kappa shape index (κ2) is 5.61. The number of nitrogens with zero attached hydrogens (tertiary/aromatic N) is 1. The minimum atomic E-state index is -0.329. The van der Waals surface area contributed by atoms with Gasteiger partial charge in [-0.25, -0.2) is 4.79 Å². The molecule has 1 aromatic rings. The van der Waals surface area contributed by atoms with E-state index in [1.165, 1.54) is 7.11 Å². The van der Waals surface area contributed by atoms with Crippen LogP contribution >= 0.6 is 0 Å². The Kier molecular flexibility index (Phi) is 4.10. The molecule has 0 aliphatic carbocycles. The van der Waals surface area contributed by atoms with Crippen LogP contribution in [-0.4, -0.2) is 37.7 Å². The molecule has 4 nitrogen and oxygen atoms in total. The van der Waals surface area contributed by atoms with E-state index in [1.807, 2.05) is 6.07 Å². The monoisotopic (exact) mass is 263 g/mol. The fraction of sp³-hybridized carbons (Fsp3) is 0.533. The van der Waals surface area contributed by atoms with Crippen LogP contribution < -0.4 is 4.74 Å². The van der Waals surface area contributed by atoms with Crippen LogP contribution in [0.1, 0.15) is 29.8 Å². The Balaban J connectivity index is 2.27. The van der Waals surface area contributed by atoms with E-state index in [4.69, 9.17) is 9.47 Å². The van der Waals surface area contributed by atoms with E-state index in [1.54, 1.807) is 12.1 Å². The molecule has 0 radical (unpaired) electrons. The van der Waals surface area contributed by atoms with E-state index in [2.05, 4.69) is 25.8 Å². The lowest BCUT2D eigenvalue weighted by atomic mass is 10.0. The van der Waals surface area contributed by atoms with Crippen molar-refractivity contribution >= 4 is 5.97 Å². The zero-order valence-corrected chi connectivity index (χ0v) is 12.0. The van der Waals surface area contributed by atoms with Gasteiger partial charge in [0.1, 0.15) is 12.4 Å². The fourth-order valence-corrected chi connectivity index (χ4v) is 2.45. The van der Waals surface area contributed by atoms with Gasteiger partial charge in [0, 0.05) is 18.2 Å². The Morgan fingerprint density at radius 1 is 1.47 bits per heavy atom. The molecule has 0 N–H and O–H groups in total. The van der Waals surface area contributed by atoms with Crippen molar-refractivity contribution in [1.82, 2.24) is 4.90 Å². The van der Waals surface area contributed by atoms with Crippen LogP contribution in [0.4, 0.5) is 0 Å².